The second kappa shape index (κ2) is 8.48. The van der Waals surface area contributed by atoms with Gasteiger partial charge in [-0.2, -0.15) is 0 Å². The lowest BCUT2D eigenvalue weighted by molar-refractivity contribution is -0.120. The molecule has 1 aliphatic heterocycles. The Kier molecular flexibility index (Phi) is 5.42. The number of ether oxygens (including phenoxy) is 1. The molecule has 0 bridgehead atoms. The number of carbonyl (C=O) groups excluding carboxylic acids is 2. The molecule has 2 N–H and O–H groups in total. The Bertz CT molecular complexity index is 1000. The zero-order valence-electron chi connectivity index (χ0n) is 15.8. The summed E-state index contributed by atoms with van der Waals surface area (Å²) in [7, 11) is 0. The number of rotatable bonds is 5. The van der Waals surface area contributed by atoms with Gasteiger partial charge in [0.25, 0.3) is 5.91 Å². The minimum atomic E-state index is -0.217. The highest BCUT2D eigenvalue weighted by Gasteiger charge is 2.19. The molecule has 4 rings (SSSR count). The summed E-state index contributed by atoms with van der Waals surface area (Å²) in [5, 5.41) is 5.77. The van der Waals surface area contributed by atoms with Crippen LogP contribution >= 0.6 is 0 Å². The molecule has 0 aliphatic carbocycles. The summed E-state index contributed by atoms with van der Waals surface area (Å²) in [5.74, 6) is 1.16. The van der Waals surface area contributed by atoms with Crippen LogP contribution in [0.4, 0.5) is 11.4 Å². The number of para-hydroxylation sites is 3. The first kappa shape index (κ1) is 18.6. The average Bonchev–Trinajstić information content (AvgIpc) is 2.75. The third-order valence-electron chi connectivity index (χ3n) is 4.63. The SMILES string of the molecule is O=C1CN(c2ccccc2NC(=O)c2ccc(Oc3ccccc3)cc2)CCN1. The van der Waals surface area contributed by atoms with Crippen molar-refractivity contribution in [1.29, 1.82) is 0 Å². The van der Waals surface area contributed by atoms with Crippen molar-refractivity contribution in [2.24, 2.45) is 0 Å². The van der Waals surface area contributed by atoms with Gasteiger partial charge in [0.15, 0.2) is 0 Å². The van der Waals surface area contributed by atoms with Crippen LogP contribution in [0, 0.1) is 0 Å². The van der Waals surface area contributed by atoms with E-state index < -0.39 is 0 Å². The summed E-state index contributed by atoms with van der Waals surface area (Å²) in [5.41, 5.74) is 2.04. The maximum Gasteiger partial charge on any atom is 0.255 e. The van der Waals surface area contributed by atoms with Crippen LogP contribution < -0.4 is 20.3 Å². The quantitative estimate of drug-likeness (QED) is 0.701. The Morgan fingerprint density at radius 1 is 0.897 bits per heavy atom. The summed E-state index contributed by atoms with van der Waals surface area (Å²) in [6.45, 7) is 1.56. The van der Waals surface area contributed by atoms with Crippen LogP contribution in [0.3, 0.4) is 0 Å². The van der Waals surface area contributed by atoms with Crippen molar-refractivity contribution in [3.8, 4) is 11.5 Å². The molecular formula is C23H21N3O3. The molecule has 0 radical (unpaired) electrons. The van der Waals surface area contributed by atoms with E-state index >= 15 is 0 Å². The number of anilines is 2. The summed E-state index contributed by atoms with van der Waals surface area (Å²) < 4.78 is 5.76. The number of hydrogen-bond donors (Lipinski definition) is 2. The minimum Gasteiger partial charge on any atom is -0.457 e. The van der Waals surface area contributed by atoms with E-state index in [1.807, 2.05) is 59.5 Å². The number of amides is 2. The van der Waals surface area contributed by atoms with Crippen molar-refractivity contribution in [3.05, 3.63) is 84.4 Å². The van der Waals surface area contributed by atoms with Gasteiger partial charge in [-0.3, -0.25) is 9.59 Å². The second-order valence-corrected chi connectivity index (χ2v) is 6.68. The fourth-order valence-corrected chi connectivity index (χ4v) is 3.19. The summed E-state index contributed by atoms with van der Waals surface area (Å²) in [6, 6.07) is 24.0. The van der Waals surface area contributed by atoms with E-state index in [0.717, 1.165) is 11.4 Å². The number of nitrogens with one attached hydrogen (secondary N) is 2. The van der Waals surface area contributed by atoms with Gasteiger partial charge in [0.1, 0.15) is 11.5 Å². The molecule has 6 nitrogen and oxygen atoms in total. The topological polar surface area (TPSA) is 70.7 Å². The first-order chi connectivity index (χ1) is 14.2. The predicted molar refractivity (Wildman–Crippen MR) is 113 cm³/mol. The normalized spacial score (nSPS) is 13.5. The monoisotopic (exact) mass is 387 g/mol. The first-order valence-corrected chi connectivity index (χ1v) is 9.44. The molecule has 1 heterocycles. The molecule has 29 heavy (non-hydrogen) atoms. The van der Waals surface area contributed by atoms with Crippen LogP contribution in [0.5, 0.6) is 11.5 Å². The Morgan fingerprint density at radius 2 is 1.59 bits per heavy atom. The molecule has 2 amide bonds. The summed E-state index contributed by atoms with van der Waals surface area (Å²) >= 11 is 0. The largest absolute Gasteiger partial charge is 0.457 e. The lowest BCUT2D eigenvalue weighted by Crippen LogP contribution is -2.47. The molecule has 1 aliphatic rings. The van der Waals surface area contributed by atoms with Crippen LogP contribution in [0.15, 0.2) is 78.9 Å². The number of carbonyl (C=O) groups is 2. The van der Waals surface area contributed by atoms with E-state index in [1.165, 1.54) is 0 Å². The zero-order valence-corrected chi connectivity index (χ0v) is 15.8. The van der Waals surface area contributed by atoms with E-state index in [2.05, 4.69) is 10.6 Å². The number of piperazine rings is 1. The average molecular weight is 387 g/mol. The van der Waals surface area contributed by atoms with E-state index in [0.29, 0.717) is 30.1 Å². The van der Waals surface area contributed by atoms with E-state index in [4.69, 9.17) is 4.74 Å². The molecule has 3 aromatic rings. The minimum absolute atomic E-state index is 0.0219. The molecule has 0 aromatic heterocycles. The number of benzene rings is 3. The first-order valence-electron chi connectivity index (χ1n) is 9.44. The Balaban J connectivity index is 1.46. The van der Waals surface area contributed by atoms with Crippen LogP contribution in [-0.4, -0.2) is 31.4 Å². The van der Waals surface area contributed by atoms with Gasteiger partial charge < -0.3 is 20.3 Å². The van der Waals surface area contributed by atoms with E-state index in [1.54, 1.807) is 24.3 Å². The lowest BCUT2D eigenvalue weighted by Gasteiger charge is -2.30. The standard InChI is InChI=1S/C23H21N3O3/c27-22-16-26(15-14-24-22)21-9-5-4-8-20(21)25-23(28)17-10-12-19(13-11-17)29-18-6-2-1-3-7-18/h1-13H,14-16H2,(H,24,27)(H,25,28). The van der Waals surface area contributed by atoms with Gasteiger partial charge in [-0.05, 0) is 48.5 Å². The molecular weight excluding hydrogens is 366 g/mol. The fraction of sp³-hybridized carbons (Fsp3) is 0.130. The molecule has 0 spiro atoms. The van der Waals surface area contributed by atoms with Crippen LogP contribution in [0.25, 0.3) is 0 Å². The van der Waals surface area contributed by atoms with Crippen molar-refractivity contribution in [3.63, 3.8) is 0 Å². The van der Waals surface area contributed by atoms with Gasteiger partial charge in [0.2, 0.25) is 5.91 Å². The zero-order chi connectivity index (χ0) is 20.1. The highest BCUT2D eigenvalue weighted by Crippen LogP contribution is 2.27. The fourth-order valence-electron chi connectivity index (χ4n) is 3.19. The maximum absolute atomic E-state index is 12.7. The smallest absolute Gasteiger partial charge is 0.255 e. The lowest BCUT2D eigenvalue weighted by atomic mass is 10.1. The molecule has 0 atom stereocenters. The van der Waals surface area contributed by atoms with Gasteiger partial charge >= 0.3 is 0 Å². The van der Waals surface area contributed by atoms with Gasteiger partial charge in [-0.25, -0.2) is 0 Å². The van der Waals surface area contributed by atoms with Gasteiger partial charge in [-0.1, -0.05) is 30.3 Å². The summed E-state index contributed by atoms with van der Waals surface area (Å²) in [6.07, 6.45) is 0. The van der Waals surface area contributed by atoms with E-state index in [9.17, 15) is 9.59 Å². The molecule has 0 unspecified atom stereocenters. The molecule has 1 fully saturated rings. The van der Waals surface area contributed by atoms with Gasteiger partial charge in [-0.15, -0.1) is 0 Å². The Morgan fingerprint density at radius 3 is 2.34 bits per heavy atom. The van der Waals surface area contributed by atoms with Crippen molar-refractivity contribution < 1.29 is 14.3 Å². The number of nitrogens with zero attached hydrogens (tertiary/aromatic N) is 1. The third-order valence-corrected chi connectivity index (χ3v) is 4.63. The molecule has 146 valence electrons. The highest BCUT2D eigenvalue weighted by molar-refractivity contribution is 6.06. The van der Waals surface area contributed by atoms with Crippen LogP contribution in [0.1, 0.15) is 10.4 Å². The third kappa shape index (κ3) is 4.55. The molecule has 0 saturated carbocycles. The highest BCUT2D eigenvalue weighted by atomic mass is 16.5. The van der Waals surface area contributed by atoms with Crippen molar-refractivity contribution in [1.82, 2.24) is 5.32 Å². The summed E-state index contributed by atoms with van der Waals surface area (Å²) in [4.78, 5) is 26.4. The Hall–Kier alpha value is -3.80. The molecule has 3 aromatic carbocycles. The van der Waals surface area contributed by atoms with E-state index in [-0.39, 0.29) is 18.4 Å². The van der Waals surface area contributed by atoms with Crippen molar-refractivity contribution >= 4 is 23.2 Å². The number of hydrogen-bond acceptors (Lipinski definition) is 4. The van der Waals surface area contributed by atoms with Crippen LogP contribution in [-0.2, 0) is 4.79 Å². The maximum atomic E-state index is 12.7. The van der Waals surface area contributed by atoms with Crippen molar-refractivity contribution in [2.75, 3.05) is 29.9 Å². The van der Waals surface area contributed by atoms with Gasteiger partial charge in [0.05, 0.1) is 17.9 Å². The van der Waals surface area contributed by atoms with Gasteiger partial charge in [0, 0.05) is 18.7 Å². The molecule has 6 heteroatoms. The van der Waals surface area contributed by atoms with Crippen molar-refractivity contribution in [2.45, 2.75) is 0 Å². The predicted octanol–water partition coefficient (Wildman–Crippen LogP) is 3.67. The Labute approximate surface area is 169 Å². The second-order valence-electron chi connectivity index (χ2n) is 6.68. The molecule has 1 saturated heterocycles. The van der Waals surface area contributed by atoms with Crippen LogP contribution in [0.2, 0.25) is 0 Å².